The Morgan fingerprint density at radius 1 is 1.19 bits per heavy atom. The zero-order valence-electron chi connectivity index (χ0n) is 20.2. The normalized spacial score (nSPS) is 36.7. The van der Waals surface area contributed by atoms with E-state index in [1.54, 1.807) is 0 Å². The smallest absolute Gasteiger partial charge is 0.407 e. The van der Waals surface area contributed by atoms with Crippen molar-refractivity contribution in [1.82, 2.24) is 9.80 Å². The first kappa shape index (κ1) is 24.0. The van der Waals surface area contributed by atoms with Crippen LogP contribution < -0.4 is 0 Å². The molecule has 7 nitrogen and oxygen atoms in total. The second kappa shape index (κ2) is 10.00. The lowest BCUT2D eigenvalue weighted by Gasteiger charge is -2.38. The number of hydrogen-bond acceptors (Lipinski definition) is 5. The van der Waals surface area contributed by atoms with Crippen LogP contribution in [0.5, 0.6) is 0 Å². The minimum atomic E-state index is -0.780. The Balaban J connectivity index is 0.000000155. The molecule has 0 aromatic heterocycles. The maximum Gasteiger partial charge on any atom is 0.407 e. The van der Waals surface area contributed by atoms with Gasteiger partial charge in [0.05, 0.1) is 37.1 Å². The standard InChI is InChI=1S/C15H24O2.C10H18N2O3/c1-11(2)7-8-13-14(3,17-13)12-6-4-5-9-15(12)10-16-15;13-10(14)12-7-9(8-12)1-2-11-3-5-15-6-4-11/h7,12-13H,4-6,8-10H2,1-3H3;9H,1-8H2,(H,13,14). The Bertz CT molecular complexity index is 678. The highest BCUT2D eigenvalue weighted by Crippen LogP contribution is 2.58. The molecule has 5 fully saturated rings. The van der Waals surface area contributed by atoms with Crippen molar-refractivity contribution < 1.29 is 24.1 Å². The molecule has 0 radical (unpaired) electrons. The maximum absolute atomic E-state index is 10.5. The largest absolute Gasteiger partial charge is 0.465 e. The van der Waals surface area contributed by atoms with Crippen LogP contribution in [0.4, 0.5) is 4.79 Å². The van der Waals surface area contributed by atoms with Crippen molar-refractivity contribution in [2.24, 2.45) is 11.8 Å². The monoisotopic (exact) mass is 450 g/mol. The predicted octanol–water partition coefficient (Wildman–Crippen LogP) is 3.78. The van der Waals surface area contributed by atoms with Gasteiger partial charge in [0.25, 0.3) is 0 Å². The lowest BCUT2D eigenvalue weighted by molar-refractivity contribution is 0.0270. The summed E-state index contributed by atoms with van der Waals surface area (Å²) in [4.78, 5) is 14.4. The molecule has 1 spiro atoms. The van der Waals surface area contributed by atoms with Gasteiger partial charge < -0.3 is 24.2 Å². The number of carbonyl (C=O) groups is 1. The summed E-state index contributed by atoms with van der Waals surface area (Å²) in [5, 5.41) is 8.67. The van der Waals surface area contributed by atoms with E-state index in [1.165, 1.54) is 36.2 Å². The molecule has 4 saturated heterocycles. The van der Waals surface area contributed by atoms with Crippen molar-refractivity contribution >= 4 is 6.09 Å². The molecule has 182 valence electrons. The number of allylic oxidation sites excluding steroid dienone is 1. The summed E-state index contributed by atoms with van der Waals surface area (Å²) >= 11 is 0. The maximum atomic E-state index is 10.5. The zero-order valence-corrected chi connectivity index (χ0v) is 20.2. The molecule has 32 heavy (non-hydrogen) atoms. The summed E-state index contributed by atoms with van der Waals surface area (Å²) in [5.74, 6) is 1.21. The highest BCUT2D eigenvalue weighted by Gasteiger charge is 2.67. The fourth-order valence-corrected chi connectivity index (χ4v) is 5.76. The van der Waals surface area contributed by atoms with Crippen LogP contribution in [0.1, 0.15) is 59.3 Å². The third-order valence-corrected chi connectivity index (χ3v) is 8.09. The summed E-state index contributed by atoms with van der Waals surface area (Å²) in [6, 6.07) is 0. The van der Waals surface area contributed by atoms with Crippen LogP contribution >= 0.6 is 0 Å². The van der Waals surface area contributed by atoms with Gasteiger partial charge in [0.15, 0.2) is 0 Å². The topological polar surface area (TPSA) is 78.1 Å². The van der Waals surface area contributed by atoms with Gasteiger partial charge in [0.1, 0.15) is 0 Å². The summed E-state index contributed by atoms with van der Waals surface area (Å²) in [6.07, 6.45) is 9.39. The average molecular weight is 451 g/mol. The summed E-state index contributed by atoms with van der Waals surface area (Å²) in [6.45, 7) is 13.9. The number of ether oxygens (including phenoxy) is 3. The van der Waals surface area contributed by atoms with E-state index in [0.717, 1.165) is 65.4 Å². The van der Waals surface area contributed by atoms with E-state index < -0.39 is 6.09 Å². The zero-order chi connectivity index (χ0) is 22.8. The van der Waals surface area contributed by atoms with Crippen molar-refractivity contribution in [3.05, 3.63) is 11.6 Å². The average Bonchev–Trinajstić information content (AvgIpc) is 3.65. The number of hydrogen-bond donors (Lipinski definition) is 1. The van der Waals surface area contributed by atoms with Gasteiger partial charge in [-0.15, -0.1) is 0 Å². The molecule has 0 bridgehead atoms. The molecule has 4 heterocycles. The molecule has 1 aliphatic carbocycles. The molecule has 0 aromatic carbocycles. The third kappa shape index (κ3) is 5.66. The van der Waals surface area contributed by atoms with Gasteiger partial charge in [-0.05, 0) is 58.9 Å². The molecule has 1 N–H and O–H groups in total. The van der Waals surface area contributed by atoms with E-state index in [4.69, 9.17) is 19.3 Å². The van der Waals surface area contributed by atoms with Crippen LogP contribution in [-0.2, 0) is 14.2 Å². The Labute approximate surface area is 193 Å². The Hall–Kier alpha value is -1.15. The quantitative estimate of drug-likeness (QED) is 0.490. The van der Waals surface area contributed by atoms with E-state index in [9.17, 15) is 4.79 Å². The first-order valence-corrected chi connectivity index (χ1v) is 12.6. The van der Waals surface area contributed by atoms with Crippen molar-refractivity contribution in [2.75, 3.05) is 52.5 Å². The van der Waals surface area contributed by atoms with E-state index >= 15 is 0 Å². The van der Waals surface area contributed by atoms with Gasteiger partial charge in [0, 0.05) is 32.1 Å². The molecule has 1 amide bonds. The Kier molecular flexibility index (Phi) is 7.50. The fourth-order valence-electron chi connectivity index (χ4n) is 5.76. The molecule has 4 unspecified atom stereocenters. The van der Waals surface area contributed by atoms with Crippen molar-refractivity contribution in [1.29, 1.82) is 0 Å². The second-order valence-electron chi connectivity index (χ2n) is 10.8. The summed E-state index contributed by atoms with van der Waals surface area (Å²) in [5.41, 5.74) is 1.71. The molecule has 0 aromatic rings. The molecule has 5 rings (SSSR count). The molecule has 4 atom stereocenters. The van der Waals surface area contributed by atoms with Gasteiger partial charge >= 0.3 is 6.09 Å². The van der Waals surface area contributed by atoms with Crippen molar-refractivity contribution in [3.8, 4) is 0 Å². The lowest BCUT2D eigenvalue weighted by Crippen LogP contribution is -2.50. The third-order valence-electron chi connectivity index (χ3n) is 8.09. The Morgan fingerprint density at radius 3 is 2.53 bits per heavy atom. The van der Waals surface area contributed by atoms with Gasteiger partial charge in [-0.1, -0.05) is 24.5 Å². The number of morpholine rings is 1. The molecule has 1 saturated carbocycles. The molecular formula is C25H42N2O5. The van der Waals surface area contributed by atoms with Crippen LogP contribution in [0, 0.1) is 11.8 Å². The second-order valence-corrected chi connectivity index (χ2v) is 10.8. The summed E-state index contributed by atoms with van der Waals surface area (Å²) in [7, 11) is 0. The van der Waals surface area contributed by atoms with E-state index in [0.29, 0.717) is 17.9 Å². The number of epoxide rings is 2. The van der Waals surface area contributed by atoms with Crippen LogP contribution in [0.3, 0.4) is 0 Å². The Morgan fingerprint density at radius 2 is 1.91 bits per heavy atom. The number of nitrogens with zero attached hydrogens (tertiary/aromatic N) is 2. The van der Waals surface area contributed by atoms with E-state index in [-0.39, 0.29) is 11.2 Å². The van der Waals surface area contributed by atoms with Gasteiger partial charge in [0.2, 0.25) is 0 Å². The lowest BCUT2D eigenvalue weighted by atomic mass is 9.71. The minimum absolute atomic E-state index is 0.100. The highest BCUT2D eigenvalue weighted by molar-refractivity contribution is 5.65. The number of amides is 1. The minimum Gasteiger partial charge on any atom is -0.465 e. The van der Waals surface area contributed by atoms with E-state index in [2.05, 4.69) is 31.7 Å². The fraction of sp³-hybridized carbons (Fsp3) is 0.880. The van der Waals surface area contributed by atoms with Crippen molar-refractivity contribution in [3.63, 3.8) is 0 Å². The molecule has 4 aliphatic heterocycles. The first-order chi connectivity index (χ1) is 15.3. The predicted molar refractivity (Wildman–Crippen MR) is 123 cm³/mol. The van der Waals surface area contributed by atoms with Gasteiger partial charge in [-0.25, -0.2) is 4.79 Å². The van der Waals surface area contributed by atoms with Gasteiger partial charge in [-0.2, -0.15) is 0 Å². The van der Waals surface area contributed by atoms with Crippen LogP contribution in [-0.4, -0.2) is 90.9 Å². The first-order valence-electron chi connectivity index (χ1n) is 12.6. The highest BCUT2D eigenvalue weighted by atomic mass is 16.6. The number of rotatable bonds is 6. The SMILES string of the molecule is CC(C)=CCC1OC1(C)C1CCCCC12CO2.O=C(O)N1CC(CCN2CCOCC2)C1. The van der Waals surface area contributed by atoms with Crippen LogP contribution in [0.25, 0.3) is 0 Å². The van der Waals surface area contributed by atoms with E-state index in [1.807, 2.05) is 0 Å². The summed E-state index contributed by atoms with van der Waals surface area (Å²) < 4.78 is 17.1. The molecular weight excluding hydrogens is 408 g/mol. The number of carboxylic acid groups (broad SMARTS) is 1. The molecule has 5 aliphatic rings. The number of likely N-dealkylation sites (tertiary alicyclic amines) is 1. The van der Waals surface area contributed by atoms with Crippen LogP contribution in [0.2, 0.25) is 0 Å². The molecule has 7 heteroatoms. The van der Waals surface area contributed by atoms with Gasteiger partial charge in [-0.3, -0.25) is 4.90 Å². The van der Waals surface area contributed by atoms with Crippen LogP contribution in [0.15, 0.2) is 11.6 Å². The van der Waals surface area contributed by atoms with Crippen molar-refractivity contribution in [2.45, 2.75) is 76.6 Å².